The molecule has 130 valence electrons. The van der Waals surface area contributed by atoms with Crippen LogP contribution in [0.3, 0.4) is 0 Å². The molecule has 1 aliphatic heterocycles. The van der Waals surface area contributed by atoms with Crippen LogP contribution in [0.15, 0.2) is 42.7 Å². The van der Waals surface area contributed by atoms with Crippen molar-refractivity contribution in [3.8, 4) is 0 Å². The van der Waals surface area contributed by atoms with Crippen LogP contribution in [-0.4, -0.2) is 39.8 Å². The van der Waals surface area contributed by atoms with Gasteiger partial charge in [-0.3, -0.25) is 9.78 Å². The van der Waals surface area contributed by atoms with E-state index in [1.165, 1.54) is 12.4 Å². The third-order valence-corrected chi connectivity index (χ3v) is 4.21. The summed E-state index contributed by atoms with van der Waals surface area (Å²) in [6, 6.07) is 9.09. The number of hydrogen-bond donors (Lipinski definition) is 0. The quantitative estimate of drug-likeness (QED) is 0.801. The lowest BCUT2D eigenvalue weighted by Gasteiger charge is -2.30. The molecule has 6 nitrogen and oxygen atoms in total. The Labute approximate surface area is 146 Å². The van der Waals surface area contributed by atoms with E-state index in [1.807, 2.05) is 18.2 Å². The van der Waals surface area contributed by atoms with E-state index in [9.17, 15) is 9.59 Å². The number of carbonyl (C=O) groups excluding carboxylic acids is 2. The Kier molecular flexibility index (Phi) is 5.38. The number of benzene rings is 1. The maximum atomic E-state index is 12.9. The van der Waals surface area contributed by atoms with Crippen molar-refractivity contribution in [2.24, 2.45) is 0 Å². The van der Waals surface area contributed by atoms with Crippen LogP contribution in [0.1, 0.15) is 47.1 Å². The monoisotopic (exact) mass is 339 g/mol. The maximum Gasteiger partial charge on any atom is 0.359 e. The Balaban J connectivity index is 1.82. The van der Waals surface area contributed by atoms with Crippen LogP contribution in [0.5, 0.6) is 0 Å². The summed E-state index contributed by atoms with van der Waals surface area (Å²) in [5, 5.41) is 0. The van der Waals surface area contributed by atoms with Gasteiger partial charge in [0.05, 0.1) is 11.9 Å². The lowest BCUT2D eigenvalue weighted by atomic mass is 10.1. The van der Waals surface area contributed by atoms with Crippen LogP contribution in [-0.2, 0) is 9.53 Å². The van der Waals surface area contributed by atoms with E-state index in [2.05, 4.69) is 9.97 Å². The number of ether oxygens (including phenoxy) is 1. The van der Waals surface area contributed by atoms with E-state index in [4.69, 9.17) is 4.74 Å². The summed E-state index contributed by atoms with van der Waals surface area (Å²) in [6.45, 7) is 3.18. The first-order valence-corrected chi connectivity index (χ1v) is 8.48. The second-order valence-electron chi connectivity index (χ2n) is 6.12. The summed E-state index contributed by atoms with van der Waals surface area (Å²) < 4.78 is 5.54. The number of aromatic nitrogens is 2. The van der Waals surface area contributed by atoms with Gasteiger partial charge in [-0.05, 0) is 26.2 Å². The van der Waals surface area contributed by atoms with Crippen molar-refractivity contribution in [2.45, 2.75) is 32.3 Å². The number of piperidine rings is 1. The Hall–Kier alpha value is -2.76. The van der Waals surface area contributed by atoms with Gasteiger partial charge in [0.2, 0.25) is 6.10 Å². The minimum absolute atomic E-state index is 0.0953. The van der Waals surface area contributed by atoms with Crippen molar-refractivity contribution in [3.63, 3.8) is 0 Å². The molecular formula is C19H21N3O3. The predicted molar refractivity (Wildman–Crippen MR) is 91.8 cm³/mol. The van der Waals surface area contributed by atoms with Gasteiger partial charge in [-0.25, -0.2) is 9.78 Å². The zero-order valence-electron chi connectivity index (χ0n) is 14.2. The molecule has 25 heavy (non-hydrogen) atoms. The Bertz CT molecular complexity index is 725. The zero-order valence-corrected chi connectivity index (χ0v) is 14.2. The lowest BCUT2D eigenvalue weighted by Crippen LogP contribution is -2.40. The van der Waals surface area contributed by atoms with Crippen molar-refractivity contribution in [1.82, 2.24) is 14.9 Å². The molecule has 0 saturated carbocycles. The highest BCUT2D eigenvalue weighted by atomic mass is 16.5. The fourth-order valence-electron chi connectivity index (χ4n) is 2.83. The van der Waals surface area contributed by atoms with E-state index in [0.29, 0.717) is 24.3 Å². The molecule has 1 aromatic carbocycles. The normalized spacial score (nSPS) is 15.5. The fraction of sp³-hybridized carbons (Fsp3) is 0.368. The molecule has 0 aliphatic carbocycles. The van der Waals surface area contributed by atoms with Crippen LogP contribution in [0, 0.1) is 6.92 Å². The molecule has 3 rings (SSSR count). The number of aryl methyl sites for hydroxylation is 1. The molecule has 1 unspecified atom stereocenters. The Morgan fingerprint density at radius 3 is 2.40 bits per heavy atom. The number of rotatable bonds is 4. The number of esters is 1. The van der Waals surface area contributed by atoms with Crippen LogP contribution in [0.2, 0.25) is 0 Å². The lowest BCUT2D eigenvalue weighted by molar-refractivity contribution is -0.142. The average Bonchev–Trinajstić information content (AvgIpc) is 2.67. The number of carbonyl (C=O) groups is 2. The molecule has 0 N–H and O–H groups in total. The number of nitrogens with zero attached hydrogens (tertiary/aromatic N) is 3. The molecule has 1 amide bonds. The van der Waals surface area contributed by atoms with Gasteiger partial charge in [-0.15, -0.1) is 0 Å². The molecule has 1 aliphatic rings. The van der Waals surface area contributed by atoms with Gasteiger partial charge < -0.3 is 9.64 Å². The van der Waals surface area contributed by atoms with E-state index in [0.717, 1.165) is 19.3 Å². The molecule has 2 heterocycles. The van der Waals surface area contributed by atoms with Crippen molar-refractivity contribution in [1.29, 1.82) is 0 Å². The van der Waals surface area contributed by atoms with Crippen molar-refractivity contribution in [3.05, 3.63) is 59.7 Å². The molecule has 0 spiro atoms. The van der Waals surface area contributed by atoms with E-state index in [-0.39, 0.29) is 11.6 Å². The predicted octanol–water partition coefficient (Wildman–Crippen LogP) is 2.70. The topological polar surface area (TPSA) is 72.4 Å². The second kappa shape index (κ2) is 7.88. The van der Waals surface area contributed by atoms with Crippen molar-refractivity contribution >= 4 is 11.9 Å². The number of hydrogen-bond acceptors (Lipinski definition) is 5. The van der Waals surface area contributed by atoms with Gasteiger partial charge in [-0.1, -0.05) is 30.3 Å². The minimum atomic E-state index is -0.963. The standard InChI is InChI=1S/C19H21N3O3/c1-14-12-21-16(13-20-14)19(24)25-17(15-8-4-2-5-9-15)18(23)22-10-6-3-7-11-22/h2,4-5,8-9,12-13,17H,3,6-7,10-11H2,1H3. The second-order valence-corrected chi connectivity index (χ2v) is 6.12. The Morgan fingerprint density at radius 2 is 1.76 bits per heavy atom. The summed E-state index contributed by atoms with van der Waals surface area (Å²) in [5.41, 5.74) is 1.46. The molecule has 6 heteroatoms. The fourth-order valence-corrected chi connectivity index (χ4v) is 2.83. The van der Waals surface area contributed by atoms with Gasteiger partial charge >= 0.3 is 5.97 Å². The average molecular weight is 339 g/mol. The van der Waals surface area contributed by atoms with E-state index in [1.54, 1.807) is 24.0 Å². The van der Waals surface area contributed by atoms with Crippen LogP contribution >= 0.6 is 0 Å². The summed E-state index contributed by atoms with van der Waals surface area (Å²) >= 11 is 0. The van der Waals surface area contributed by atoms with Gasteiger partial charge in [0.1, 0.15) is 0 Å². The molecule has 2 aromatic rings. The molecule has 1 fully saturated rings. The highest BCUT2D eigenvalue weighted by Gasteiger charge is 2.30. The van der Waals surface area contributed by atoms with Crippen LogP contribution in [0.4, 0.5) is 0 Å². The summed E-state index contributed by atoms with van der Waals surface area (Å²) in [5.74, 6) is -0.828. The number of amides is 1. The highest BCUT2D eigenvalue weighted by molar-refractivity contribution is 5.91. The van der Waals surface area contributed by atoms with Crippen LogP contribution in [0.25, 0.3) is 0 Å². The molecule has 0 bridgehead atoms. The van der Waals surface area contributed by atoms with Gasteiger partial charge in [0.15, 0.2) is 5.69 Å². The maximum absolute atomic E-state index is 12.9. The Morgan fingerprint density at radius 1 is 1.04 bits per heavy atom. The first kappa shape index (κ1) is 17.1. The highest BCUT2D eigenvalue weighted by Crippen LogP contribution is 2.23. The summed E-state index contributed by atoms with van der Waals surface area (Å²) in [6.07, 6.45) is 4.98. The van der Waals surface area contributed by atoms with E-state index < -0.39 is 12.1 Å². The van der Waals surface area contributed by atoms with Crippen LogP contribution < -0.4 is 0 Å². The van der Waals surface area contributed by atoms with Gasteiger partial charge in [0.25, 0.3) is 5.91 Å². The third-order valence-electron chi connectivity index (χ3n) is 4.21. The molecule has 0 radical (unpaired) electrons. The molecule has 1 saturated heterocycles. The van der Waals surface area contributed by atoms with Gasteiger partial charge in [0, 0.05) is 24.8 Å². The largest absolute Gasteiger partial charge is 0.443 e. The zero-order chi connectivity index (χ0) is 17.6. The third kappa shape index (κ3) is 4.21. The summed E-state index contributed by atoms with van der Waals surface area (Å²) in [7, 11) is 0. The van der Waals surface area contributed by atoms with Crippen molar-refractivity contribution < 1.29 is 14.3 Å². The SMILES string of the molecule is Cc1cnc(C(=O)OC(C(=O)N2CCCCC2)c2ccccc2)cn1. The first-order valence-electron chi connectivity index (χ1n) is 8.48. The minimum Gasteiger partial charge on any atom is -0.443 e. The van der Waals surface area contributed by atoms with Gasteiger partial charge in [-0.2, -0.15) is 0 Å². The smallest absolute Gasteiger partial charge is 0.359 e. The number of likely N-dealkylation sites (tertiary alicyclic amines) is 1. The van der Waals surface area contributed by atoms with E-state index >= 15 is 0 Å². The molecular weight excluding hydrogens is 318 g/mol. The first-order chi connectivity index (χ1) is 12.1. The molecule has 1 atom stereocenters. The van der Waals surface area contributed by atoms with Crippen molar-refractivity contribution in [2.75, 3.05) is 13.1 Å². The summed E-state index contributed by atoms with van der Waals surface area (Å²) in [4.78, 5) is 35.2. The molecule has 1 aromatic heterocycles.